The molecule has 1 saturated heterocycles. The normalized spacial score (nSPS) is 16.9. The van der Waals surface area contributed by atoms with E-state index >= 15 is 0 Å². The summed E-state index contributed by atoms with van der Waals surface area (Å²) in [5, 5.41) is 9.09. The number of hydrogen-bond donors (Lipinski definition) is 2. The number of nitrogens with zero attached hydrogens (tertiary/aromatic N) is 1. The van der Waals surface area contributed by atoms with Gasteiger partial charge in [-0.15, -0.1) is 0 Å². The minimum Gasteiger partial charge on any atom is -0.478 e. The van der Waals surface area contributed by atoms with E-state index in [0.29, 0.717) is 30.1 Å². The summed E-state index contributed by atoms with van der Waals surface area (Å²) in [5.74, 6) is -0.820. The van der Waals surface area contributed by atoms with Crippen LogP contribution in [-0.4, -0.2) is 34.3 Å². The van der Waals surface area contributed by atoms with Gasteiger partial charge in [-0.1, -0.05) is 0 Å². The van der Waals surface area contributed by atoms with Gasteiger partial charge < -0.3 is 14.8 Å². The van der Waals surface area contributed by atoms with Crippen molar-refractivity contribution in [2.45, 2.75) is 18.8 Å². The molecule has 6 heteroatoms. The molecule has 5 nitrogen and oxygen atoms in total. The molecule has 0 amide bonds. The van der Waals surface area contributed by atoms with E-state index in [1.165, 1.54) is 6.07 Å². The van der Waals surface area contributed by atoms with Crippen molar-refractivity contribution in [2.75, 3.05) is 13.2 Å². The van der Waals surface area contributed by atoms with Gasteiger partial charge in [-0.2, -0.15) is 0 Å². The number of fused-ring (bicyclic) bond motifs is 1. The molecule has 1 aromatic carbocycles. The fraction of sp³-hybridized carbons (Fsp3) is 0.385. The number of carboxylic acid groups (broad SMARTS) is 1. The summed E-state index contributed by atoms with van der Waals surface area (Å²) in [5.41, 5.74) is 0.638. The standard InChI is InChI=1S/C13H13FN2O3/c14-8-5-9(13(17)18)11-10(6-8)15-12(16-11)7-1-3-19-4-2-7/h5-7H,1-4H2,(H,15,16)(H,17,18). The van der Waals surface area contributed by atoms with Crippen molar-refractivity contribution in [3.8, 4) is 0 Å². The third-order valence-electron chi connectivity index (χ3n) is 3.41. The summed E-state index contributed by atoms with van der Waals surface area (Å²) in [4.78, 5) is 18.5. The molecular formula is C13H13FN2O3. The highest BCUT2D eigenvalue weighted by Crippen LogP contribution is 2.28. The van der Waals surface area contributed by atoms with Crippen LogP contribution in [0.5, 0.6) is 0 Å². The third-order valence-corrected chi connectivity index (χ3v) is 3.41. The van der Waals surface area contributed by atoms with Crippen LogP contribution >= 0.6 is 0 Å². The first-order chi connectivity index (χ1) is 9.15. The van der Waals surface area contributed by atoms with Gasteiger partial charge in [-0.05, 0) is 25.0 Å². The lowest BCUT2D eigenvalue weighted by Gasteiger charge is -2.19. The quantitative estimate of drug-likeness (QED) is 0.872. The Balaban J connectivity index is 2.09. The lowest BCUT2D eigenvalue weighted by Crippen LogP contribution is -2.15. The summed E-state index contributed by atoms with van der Waals surface area (Å²) in [6, 6.07) is 2.27. The zero-order valence-electron chi connectivity index (χ0n) is 10.1. The largest absolute Gasteiger partial charge is 0.478 e. The molecular weight excluding hydrogens is 251 g/mol. The minimum absolute atomic E-state index is 0.107. The smallest absolute Gasteiger partial charge is 0.338 e. The number of aromatic amines is 1. The Labute approximate surface area is 108 Å². The second-order valence-corrected chi connectivity index (χ2v) is 4.66. The fourth-order valence-corrected chi connectivity index (χ4v) is 2.43. The van der Waals surface area contributed by atoms with Gasteiger partial charge in [-0.25, -0.2) is 14.2 Å². The monoisotopic (exact) mass is 264 g/mol. The Kier molecular flexibility index (Phi) is 2.94. The number of H-pyrrole nitrogens is 1. The van der Waals surface area contributed by atoms with Crippen LogP contribution in [0.2, 0.25) is 0 Å². The van der Waals surface area contributed by atoms with E-state index in [1.807, 2.05) is 0 Å². The van der Waals surface area contributed by atoms with E-state index in [9.17, 15) is 9.18 Å². The second-order valence-electron chi connectivity index (χ2n) is 4.66. The molecule has 1 aliphatic heterocycles. The van der Waals surface area contributed by atoms with E-state index < -0.39 is 11.8 Å². The highest BCUT2D eigenvalue weighted by Gasteiger charge is 2.21. The molecule has 3 rings (SSSR count). The van der Waals surface area contributed by atoms with Gasteiger partial charge >= 0.3 is 5.97 Å². The number of nitrogens with one attached hydrogen (secondary N) is 1. The number of rotatable bonds is 2. The summed E-state index contributed by atoms with van der Waals surface area (Å²) in [6.07, 6.45) is 1.68. The number of carboxylic acids is 1. The molecule has 2 aromatic rings. The predicted octanol–water partition coefficient (Wildman–Crippen LogP) is 2.29. The number of imidazole rings is 1. The van der Waals surface area contributed by atoms with Crippen molar-refractivity contribution >= 4 is 17.0 Å². The van der Waals surface area contributed by atoms with Gasteiger partial charge in [0.15, 0.2) is 0 Å². The molecule has 0 radical (unpaired) electrons. The molecule has 1 fully saturated rings. The van der Waals surface area contributed by atoms with Crippen molar-refractivity contribution in [3.05, 3.63) is 29.3 Å². The summed E-state index contributed by atoms with van der Waals surface area (Å²) < 4.78 is 18.7. The average molecular weight is 264 g/mol. The molecule has 2 heterocycles. The highest BCUT2D eigenvalue weighted by atomic mass is 19.1. The Morgan fingerprint density at radius 2 is 2.16 bits per heavy atom. The lowest BCUT2D eigenvalue weighted by molar-refractivity contribution is 0.0698. The summed E-state index contributed by atoms with van der Waals surface area (Å²) in [7, 11) is 0. The second kappa shape index (κ2) is 4.62. The molecule has 1 aromatic heterocycles. The number of carbonyl (C=O) groups is 1. The van der Waals surface area contributed by atoms with Crippen molar-refractivity contribution in [1.29, 1.82) is 0 Å². The maximum atomic E-state index is 13.4. The molecule has 2 N–H and O–H groups in total. The van der Waals surface area contributed by atoms with Gasteiger partial charge in [-0.3, -0.25) is 0 Å². The maximum absolute atomic E-state index is 13.4. The van der Waals surface area contributed by atoms with Crippen LogP contribution < -0.4 is 0 Å². The van der Waals surface area contributed by atoms with Gasteiger partial charge in [0.05, 0.1) is 11.1 Å². The lowest BCUT2D eigenvalue weighted by atomic mass is 10.00. The van der Waals surface area contributed by atoms with Gasteiger partial charge in [0.2, 0.25) is 0 Å². The average Bonchev–Trinajstić information content (AvgIpc) is 2.82. The maximum Gasteiger partial charge on any atom is 0.338 e. The molecule has 0 spiro atoms. The van der Waals surface area contributed by atoms with E-state index in [-0.39, 0.29) is 11.5 Å². The zero-order valence-corrected chi connectivity index (χ0v) is 10.1. The third kappa shape index (κ3) is 2.19. The van der Waals surface area contributed by atoms with Crippen LogP contribution in [0.25, 0.3) is 11.0 Å². The van der Waals surface area contributed by atoms with Gasteiger partial charge in [0.1, 0.15) is 17.2 Å². The fourth-order valence-electron chi connectivity index (χ4n) is 2.43. The molecule has 0 saturated carbocycles. The van der Waals surface area contributed by atoms with Gasteiger partial charge in [0, 0.05) is 19.1 Å². The Morgan fingerprint density at radius 1 is 1.42 bits per heavy atom. The number of aromatic nitrogens is 2. The minimum atomic E-state index is -1.17. The zero-order chi connectivity index (χ0) is 13.4. The molecule has 0 bridgehead atoms. The molecule has 0 atom stereocenters. The van der Waals surface area contributed by atoms with Crippen LogP contribution in [0, 0.1) is 5.82 Å². The first kappa shape index (κ1) is 12.1. The molecule has 1 aliphatic rings. The number of halogens is 1. The van der Waals surface area contributed by atoms with Crippen LogP contribution in [0.1, 0.15) is 34.9 Å². The molecule has 0 aliphatic carbocycles. The van der Waals surface area contributed by atoms with E-state index in [4.69, 9.17) is 9.84 Å². The number of ether oxygens (including phenoxy) is 1. The van der Waals surface area contributed by atoms with Crippen LogP contribution in [0.15, 0.2) is 12.1 Å². The van der Waals surface area contributed by atoms with Gasteiger partial charge in [0.25, 0.3) is 0 Å². The summed E-state index contributed by atoms with van der Waals surface area (Å²) >= 11 is 0. The Morgan fingerprint density at radius 3 is 2.84 bits per heavy atom. The highest BCUT2D eigenvalue weighted by molar-refractivity contribution is 6.01. The van der Waals surface area contributed by atoms with E-state index in [0.717, 1.165) is 18.9 Å². The van der Waals surface area contributed by atoms with Crippen molar-refractivity contribution in [3.63, 3.8) is 0 Å². The van der Waals surface area contributed by atoms with Crippen molar-refractivity contribution in [1.82, 2.24) is 9.97 Å². The number of hydrogen-bond acceptors (Lipinski definition) is 3. The van der Waals surface area contributed by atoms with Crippen LogP contribution in [0.4, 0.5) is 4.39 Å². The SMILES string of the molecule is O=C(O)c1cc(F)cc2[nH]c(C3CCOCC3)nc12. The van der Waals surface area contributed by atoms with E-state index in [1.54, 1.807) is 0 Å². The topological polar surface area (TPSA) is 75.2 Å². The number of benzene rings is 1. The Hall–Kier alpha value is -1.95. The first-order valence-electron chi connectivity index (χ1n) is 6.15. The molecule has 0 unspecified atom stereocenters. The van der Waals surface area contributed by atoms with Crippen molar-refractivity contribution in [2.24, 2.45) is 0 Å². The Bertz CT molecular complexity index is 632. The van der Waals surface area contributed by atoms with Crippen molar-refractivity contribution < 1.29 is 19.0 Å². The van der Waals surface area contributed by atoms with Crippen LogP contribution in [-0.2, 0) is 4.74 Å². The van der Waals surface area contributed by atoms with Crippen LogP contribution in [0.3, 0.4) is 0 Å². The molecule has 19 heavy (non-hydrogen) atoms. The first-order valence-corrected chi connectivity index (χ1v) is 6.15. The number of aromatic carboxylic acids is 1. The van der Waals surface area contributed by atoms with E-state index in [2.05, 4.69) is 9.97 Å². The molecule has 100 valence electrons. The summed E-state index contributed by atoms with van der Waals surface area (Å²) in [6.45, 7) is 1.34. The predicted molar refractivity (Wildman–Crippen MR) is 65.8 cm³/mol.